The van der Waals surface area contributed by atoms with Gasteiger partial charge < -0.3 is 10.1 Å². The molecule has 0 radical (unpaired) electrons. The van der Waals surface area contributed by atoms with Crippen LogP contribution in [0.2, 0.25) is 0 Å². The Morgan fingerprint density at radius 3 is 2.29 bits per heavy atom. The zero-order valence-electron chi connectivity index (χ0n) is 13.3. The van der Waals surface area contributed by atoms with Crippen molar-refractivity contribution >= 4 is 10.0 Å². The largest absolute Gasteiger partial charge is 0.492 e. The van der Waals surface area contributed by atoms with Crippen LogP contribution in [-0.2, 0) is 10.0 Å². The third-order valence-corrected chi connectivity index (χ3v) is 4.14. The first kappa shape index (κ1) is 17.9. The standard InChI is InChI=1S/C15H26N2O3S/c1-5-16-10-11-20-13-6-8-14(9-7-13)21(18,19)17-12-15(2,3)4/h6-9,16-17H,5,10-12H2,1-4H3. The molecule has 0 saturated carbocycles. The van der Waals surface area contributed by atoms with E-state index in [4.69, 9.17) is 4.74 Å². The maximum absolute atomic E-state index is 12.1. The van der Waals surface area contributed by atoms with Gasteiger partial charge in [-0.15, -0.1) is 0 Å². The van der Waals surface area contributed by atoms with Crippen molar-refractivity contribution in [3.63, 3.8) is 0 Å². The smallest absolute Gasteiger partial charge is 0.240 e. The number of benzene rings is 1. The predicted molar refractivity (Wildman–Crippen MR) is 85.1 cm³/mol. The Bertz CT molecular complexity index is 519. The van der Waals surface area contributed by atoms with Gasteiger partial charge in [-0.1, -0.05) is 27.7 Å². The predicted octanol–water partition coefficient (Wildman–Crippen LogP) is 2.00. The van der Waals surface area contributed by atoms with Crippen LogP contribution in [-0.4, -0.2) is 34.7 Å². The SMILES string of the molecule is CCNCCOc1ccc(S(=O)(=O)NCC(C)(C)C)cc1. The zero-order valence-corrected chi connectivity index (χ0v) is 14.1. The van der Waals surface area contributed by atoms with Crippen LogP contribution in [0.1, 0.15) is 27.7 Å². The highest BCUT2D eigenvalue weighted by atomic mass is 32.2. The Kier molecular flexibility index (Phi) is 6.64. The van der Waals surface area contributed by atoms with Crippen molar-refractivity contribution in [2.45, 2.75) is 32.6 Å². The third-order valence-electron chi connectivity index (χ3n) is 2.72. The van der Waals surface area contributed by atoms with Crippen LogP contribution in [0.4, 0.5) is 0 Å². The highest BCUT2D eigenvalue weighted by molar-refractivity contribution is 7.89. The average Bonchev–Trinajstić information content (AvgIpc) is 2.41. The minimum atomic E-state index is -3.46. The molecule has 0 atom stereocenters. The molecule has 1 rings (SSSR count). The van der Waals surface area contributed by atoms with Crippen molar-refractivity contribution in [1.82, 2.24) is 10.0 Å². The lowest BCUT2D eigenvalue weighted by Crippen LogP contribution is -2.32. The summed E-state index contributed by atoms with van der Waals surface area (Å²) in [5.41, 5.74) is -0.0948. The molecule has 0 fully saturated rings. The molecule has 0 aliphatic carbocycles. The maximum atomic E-state index is 12.1. The van der Waals surface area contributed by atoms with Gasteiger partial charge in [-0.2, -0.15) is 0 Å². The number of likely N-dealkylation sites (N-methyl/N-ethyl adjacent to an activating group) is 1. The molecule has 0 aliphatic heterocycles. The van der Waals surface area contributed by atoms with Gasteiger partial charge in [0.05, 0.1) is 4.90 Å². The number of nitrogens with one attached hydrogen (secondary N) is 2. The van der Waals surface area contributed by atoms with Crippen LogP contribution >= 0.6 is 0 Å². The second-order valence-electron chi connectivity index (χ2n) is 6.06. The molecule has 0 aliphatic rings. The van der Waals surface area contributed by atoms with Gasteiger partial charge in [-0.25, -0.2) is 13.1 Å². The quantitative estimate of drug-likeness (QED) is 0.720. The molecule has 6 heteroatoms. The van der Waals surface area contributed by atoms with E-state index in [1.807, 2.05) is 27.7 Å². The molecule has 1 aromatic rings. The summed E-state index contributed by atoms with van der Waals surface area (Å²) in [4.78, 5) is 0.255. The van der Waals surface area contributed by atoms with Gasteiger partial charge in [0, 0.05) is 13.1 Å². The van der Waals surface area contributed by atoms with E-state index in [-0.39, 0.29) is 10.3 Å². The van der Waals surface area contributed by atoms with E-state index in [1.54, 1.807) is 24.3 Å². The molecule has 0 aromatic heterocycles. The molecule has 0 amide bonds. The molecule has 0 unspecified atom stereocenters. The number of rotatable bonds is 8. The van der Waals surface area contributed by atoms with Crippen LogP contribution < -0.4 is 14.8 Å². The first-order chi connectivity index (χ1) is 9.74. The molecule has 0 bridgehead atoms. The van der Waals surface area contributed by atoms with Crippen molar-refractivity contribution in [3.8, 4) is 5.75 Å². The van der Waals surface area contributed by atoms with Crippen molar-refractivity contribution in [1.29, 1.82) is 0 Å². The molecular formula is C15H26N2O3S. The summed E-state index contributed by atoms with van der Waals surface area (Å²) >= 11 is 0. The van der Waals surface area contributed by atoms with E-state index in [1.165, 1.54) is 0 Å². The Labute approximate surface area is 128 Å². The van der Waals surface area contributed by atoms with Crippen molar-refractivity contribution in [2.24, 2.45) is 5.41 Å². The monoisotopic (exact) mass is 314 g/mol. The van der Waals surface area contributed by atoms with E-state index < -0.39 is 10.0 Å². The van der Waals surface area contributed by atoms with Crippen molar-refractivity contribution in [3.05, 3.63) is 24.3 Å². The summed E-state index contributed by atoms with van der Waals surface area (Å²) < 4.78 is 32.4. The molecule has 120 valence electrons. The lowest BCUT2D eigenvalue weighted by molar-refractivity contribution is 0.315. The maximum Gasteiger partial charge on any atom is 0.240 e. The Hall–Kier alpha value is -1.11. The molecule has 1 aromatic carbocycles. The summed E-state index contributed by atoms with van der Waals surface area (Å²) in [5, 5.41) is 3.15. The second kappa shape index (κ2) is 7.77. The average molecular weight is 314 g/mol. The fraction of sp³-hybridized carbons (Fsp3) is 0.600. The minimum absolute atomic E-state index is 0.0948. The van der Waals surface area contributed by atoms with Crippen molar-refractivity contribution < 1.29 is 13.2 Å². The number of ether oxygens (including phenoxy) is 1. The molecule has 21 heavy (non-hydrogen) atoms. The number of sulfonamides is 1. The first-order valence-electron chi connectivity index (χ1n) is 7.18. The van der Waals surface area contributed by atoms with E-state index in [0.29, 0.717) is 18.9 Å². The van der Waals surface area contributed by atoms with E-state index in [2.05, 4.69) is 10.0 Å². The van der Waals surface area contributed by atoms with Gasteiger partial charge >= 0.3 is 0 Å². The summed E-state index contributed by atoms with van der Waals surface area (Å²) in [6.07, 6.45) is 0. The second-order valence-corrected chi connectivity index (χ2v) is 7.83. The Balaban J connectivity index is 2.60. The molecule has 0 heterocycles. The lowest BCUT2D eigenvalue weighted by Gasteiger charge is -2.18. The van der Waals surface area contributed by atoms with Gasteiger partial charge in [-0.3, -0.25) is 0 Å². The van der Waals surface area contributed by atoms with E-state index in [9.17, 15) is 8.42 Å². The van der Waals surface area contributed by atoms with Crippen LogP contribution in [0.15, 0.2) is 29.2 Å². The number of hydrogen-bond donors (Lipinski definition) is 2. The van der Waals surface area contributed by atoms with Crippen molar-refractivity contribution in [2.75, 3.05) is 26.2 Å². The Morgan fingerprint density at radius 1 is 1.14 bits per heavy atom. The van der Waals surface area contributed by atoms with E-state index in [0.717, 1.165) is 13.1 Å². The van der Waals surface area contributed by atoms with Crippen LogP contribution in [0.3, 0.4) is 0 Å². The number of hydrogen-bond acceptors (Lipinski definition) is 4. The topological polar surface area (TPSA) is 67.4 Å². The fourth-order valence-electron chi connectivity index (χ4n) is 1.53. The molecule has 0 spiro atoms. The first-order valence-corrected chi connectivity index (χ1v) is 8.66. The summed E-state index contributed by atoms with van der Waals surface area (Å²) in [7, 11) is -3.46. The van der Waals surface area contributed by atoms with Gasteiger partial charge in [0.2, 0.25) is 10.0 Å². The molecule has 0 saturated heterocycles. The Morgan fingerprint density at radius 2 is 1.76 bits per heavy atom. The molecule has 5 nitrogen and oxygen atoms in total. The lowest BCUT2D eigenvalue weighted by atomic mass is 9.98. The van der Waals surface area contributed by atoms with Gasteiger partial charge in [0.15, 0.2) is 0 Å². The summed E-state index contributed by atoms with van der Waals surface area (Å²) in [6.45, 7) is 10.6. The normalized spacial score (nSPS) is 12.4. The fourth-order valence-corrected chi connectivity index (χ4v) is 2.81. The van der Waals surface area contributed by atoms with Gasteiger partial charge in [0.25, 0.3) is 0 Å². The van der Waals surface area contributed by atoms with E-state index >= 15 is 0 Å². The summed E-state index contributed by atoms with van der Waals surface area (Å²) in [6, 6.07) is 6.48. The highest BCUT2D eigenvalue weighted by Gasteiger charge is 2.18. The van der Waals surface area contributed by atoms with Gasteiger partial charge in [-0.05, 0) is 36.2 Å². The van der Waals surface area contributed by atoms with Crippen LogP contribution in [0, 0.1) is 5.41 Å². The van der Waals surface area contributed by atoms with Gasteiger partial charge in [0.1, 0.15) is 12.4 Å². The van der Waals surface area contributed by atoms with Crippen LogP contribution in [0.5, 0.6) is 5.75 Å². The molecule has 2 N–H and O–H groups in total. The minimum Gasteiger partial charge on any atom is -0.492 e. The zero-order chi connectivity index (χ0) is 15.9. The summed E-state index contributed by atoms with van der Waals surface area (Å²) in [5.74, 6) is 0.669. The molecular weight excluding hydrogens is 288 g/mol. The third kappa shape index (κ3) is 6.93. The highest BCUT2D eigenvalue weighted by Crippen LogP contribution is 2.17. The van der Waals surface area contributed by atoms with Crippen LogP contribution in [0.25, 0.3) is 0 Å².